The highest BCUT2D eigenvalue weighted by atomic mass is 16.5. The van der Waals surface area contributed by atoms with Crippen LogP contribution in [0.25, 0.3) is 0 Å². The van der Waals surface area contributed by atoms with Crippen molar-refractivity contribution in [1.82, 2.24) is 4.90 Å². The van der Waals surface area contributed by atoms with Gasteiger partial charge in [-0.3, -0.25) is 9.69 Å². The van der Waals surface area contributed by atoms with E-state index in [0.29, 0.717) is 13.2 Å². The monoisotopic (exact) mass is 263 g/mol. The quantitative estimate of drug-likeness (QED) is 0.753. The summed E-state index contributed by atoms with van der Waals surface area (Å²) < 4.78 is 5.30. The third-order valence-corrected chi connectivity index (χ3v) is 3.46. The molecule has 4 N–H and O–H groups in total. The van der Waals surface area contributed by atoms with E-state index in [0.717, 1.165) is 31.6 Å². The Morgan fingerprint density at radius 3 is 2.79 bits per heavy atom. The molecule has 1 aliphatic heterocycles. The van der Waals surface area contributed by atoms with Crippen molar-refractivity contribution in [2.75, 3.05) is 32.0 Å². The molecule has 5 nitrogen and oxygen atoms in total. The molecule has 1 heterocycles. The Hall–Kier alpha value is -1.59. The van der Waals surface area contributed by atoms with Crippen molar-refractivity contribution >= 4 is 11.6 Å². The summed E-state index contributed by atoms with van der Waals surface area (Å²) in [4.78, 5) is 13.4. The number of aryl methyl sites for hydroxylation is 1. The maximum atomic E-state index is 11.3. The summed E-state index contributed by atoms with van der Waals surface area (Å²) in [5, 5.41) is 0. The average Bonchev–Trinajstić information content (AvgIpc) is 2.41. The standard InChI is InChI=1S/C14H21N3O2/c15-12-5-3-11(4-6-12)2-1-7-17-8-9-19-10-13(17)14(16)18/h3-6,13H,1-2,7-10,15H2,(H2,16,18). The molecule has 1 fully saturated rings. The summed E-state index contributed by atoms with van der Waals surface area (Å²) in [7, 11) is 0. The van der Waals surface area contributed by atoms with Gasteiger partial charge in [0.1, 0.15) is 6.04 Å². The molecule has 19 heavy (non-hydrogen) atoms. The molecule has 0 aliphatic carbocycles. The molecule has 1 aromatic carbocycles. The van der Waals surface area contributed by atoms with Crippen LogP contribution in [-0.4, -0.2) is 43.2 Å². The van der Waals surface area contributed by atoms with Gasteiger partial charge in [0.2, 0.25) is 5.91 Å². The topological polar surface area (TPSA) is 81.6 Å². The van der Waals surface area contributed by atoms with E-state index >= 15 is 0 Å². The van der Waals surface area contributed by atoms with E-state index in [-0.39, 0.29) is 11.9 Å². The molecule has 1 saturated heterocycles. The van der Waals surface area contributed by atoms with E-state index in [1.807, 2.05) is 24.3 Å². The van der Waals surface area contributed by atoms with E-state index in [2.05, 4.69) is 4.90 Å². The zero-order valence-electron chi connectivity index (χ0n) is 11.0. The molecule has 2 rings (SSSR count). The second-order valence-electron chi connectivity index (χ2n) is 4.87. The maximum Gasteiger partial charge on any atom is 0.237 e. The van der Waals surface area contributed by atoms with Crippen LogP contribution in [0.1, 0.15) is 12.0 Å². The Morgan fingerprint density at radius 2 is 2.11 bits per heavy atom. The molecule has 0 saturated carbocycles. The predicted molar refractivity (Wildman–Crippen MR) is 74.5 cm³/mol. The molecule has 0 radical (unpaired) electrons. The minimum Gasteiger partial charge on any atom is -0.399 e. The van der Waals surface area contributed by atoms with Crippen molar-refractivity contribution in [2.45, 2.75) is 18.9 Å². The SMILES string of the molecule is NC(=O)C1COCCN1CCCc1ccc(N)cc1. The number of benzene rings is 1. The lowest BCUT2D eigenvalue weighted by Crippen LogP contribution is -2.52. The van der Waals surface area contributed by atoms with Crippen LogP contribution in [-0.2, 0) is 16.0 Å². The Labute approximate surface area is 113 Å². The van der Waals surface area contributed by atoms with E-state index < -0.39 is 0 Å². The van der Waals surface area contributed by atoms with Crippen molar-refractivity contribution in [3.8, 4) is 0 Å². The number of rotatable bonds is 5. The lowest BCUT2D eigenvalue weighted by Gasteiger charge is -2.33. The number of carbonyl (C=O) groups excluding carboxylic acids is 1. The van der Waals surface area contributed by atoms with Gasteiger partial charge in [-0.1, -0.05) is 12.1 Å². The first-order valence-corrected chi connectivity index (χ1v) is 6.62. The summed E-state index contributed by atoms with van der Waals surface area (Å²) in [6, 6.07) is 7.63. The van der Waals surface area contributed by atoms with Gasteiger partial charge in [0.05, 0.1) is 13.2 Å². The number of amides is 1. The molecule has 1 unspecified atom stereocenters. The van der Waals surface area contributed by atoms with Gasteiger partial charge in [0.25, 0.3) is 0 Å². The van der Waals surface area contributed by atoms with E-state index in [9.17, 15) is 4.79 Å². The first-order chi connectivity index (χ1) is 9.16. The van der Waals surface area contributed by atoms with E-state index in [4.69, 9.17) is 16.2 Å². The van der Waals surface area contributed by atoms with Crippen LogP contribution in [0.2, 0.25) is 0 Å². The molecule has 1 amide bonds. The zero-order chi connectivity index (χ0) is 13.7. The molecule has 1 aliphatic rings. The highest BCUT2D eigenvalue weighted by molar-refractivity contribution is 5.80. The lowest BCUT2D eigenvalue weighted by atomic mass is 10.1. The smallest absolute Gasteiger partial charge is 0.237 e. The summed E-state index contributed by atoms with van der Waals surface area (Å²) in [6.07, 6.45) is 1.97. The van der Waals surface area contributed by atoms with Crippen LogP contribution in [0.5, 0.6) is 0 Å². The third kappa shape index (κ3) is 3.94. The molecular formula is C14H21N3O2. The summed E-state index contributed by atoms with van der Waals surface area (Å²) in [5.74, 6) is -0.299. The number of carbonyl (C=O) groups is 1. The second-order valence-corrected chi connectivity index (χ2v) is 4.87. The van der Waals surface area contributed by atoms with E-state index in [1.165, 1.54) is 5.56 Å². The van der Waals surface area contributed by atoms with Crippen LogP contribution < -0.4 is 11.5 Å². The maximum absolute atomic E-state index is 11.3. The number of hydrogen-bond acceptors (Lipinski definition) is 4. The van der Waals surface area contributed by atoms with Gasteiger partial charge in [-0.05, 0) is 37.1 Å². The summed E-state index contributed by atoms with van der Waals surface area (Å²) in [6.45, 7) is 2.72. The largest absolute Gasteiger partial charge is 0.399 e. The van der Waals surface area contributed by atoms with Gasteiger partial charge in [-0.25, -0.2) is 0 Å². The fourth-order valence-corrected chi connectivity index (χ4v) is 2.34. The Kier molecular flexibility index (Phi) is 4.76. The number of nitrogens with two attached hydrogens (primary N) is 2. The molecule has 0 bridgehead atoms. The van der Waals surface area contributed by atoms with Crippen LogP contribution in [0.15, 0.2) is 24.3 Å². The number of hydrogen-bond donors (Lipinski definition) is 2. The Bertz CT molecular complexity index is 419. The predicted octanol–water partition coefficient (Wildman–Crippen LogP) is 0.388. The fourth-order valence-electron chi connectivity index (χ4n) is 2.34. The number of nitrogens with zero attached hydrogens (tertiary/aromatic N) is 1. The molecule has 0 spiro atoms. The van der Waals surface area contributed by atoms with Gasteiger partial charge in [-0.15, -0.1) is 0 Å². The van der Waals surface area contributed by atoms with Gasteiger partial charge >= 0.3 is 0 Å². The van der Waals surface area contributed by atoms with Crippen LogP contribution in [0.4, 0.5) is 5.69 Å². The minimum absolute atomic E-state index is 0.278. The average molecular weight is 263 g/mol. The highest BCUT2D eigenvalue weighted by Crippen LogP contribution is 2.11. The van der Waals surface area contributed by atoms with Crippen molar-refractivity contribution in [1.29, 1.82) is 0 Å². The third-order valence-electron chi connectivity index (χ3n) is 3.46. The van der Waals surface area contributed by atoms with Crippen molar-refractivity contribution in [3.63, 3.8) is 0 Å². The van der Waals surface area contributed by atoms with Crippen LogP contribution >= 0.6 is 0 Å². The van der Waals surface area contributed by atoms with Gasteiger partial charge < -0.3 is 16.2 Å². The van der Waals surface area contributed by atoms with Crippen LogP contribution in [0, 0.1) is 0 Å². The molecule has 1 aromatic rings. The first kappa shape index (κ1) is 13.8. The molecule has 1 atom stereocenters. The zero-order valence-corrected chi connectivity index (χ0v) is 11.0. The van der Waals surface area contributed by atoms with Gasteiger partial charge in [-0.2, -0.15) is 0 Å². The number of ether oxygens (including phenoxy) is 1. The highest BCUT2D eigenvalue weighted by Gasteiger charge is 2.26. The van der Waals surface area contributed by atoms with Crippen molar-refractivity contribution in [2.24, 2.45) is 5.73 Å². The van der Waals surface area contributed by atoms with E-state index in [1.54, 1.807) is 0 Å². The minimum atomic E-state index is -0.299. The van der Waals surface area contributed by atoms with Crippen molar-refractivity contribution in [3.05, 3.63) is 29.8 Å². The Morgan fingerprint density at radius 1 is 1.37 bits per heavy atom. The second kappa shape index (κ2) is 6.54. The van der Waals surface area contributed by atoms with Crippen LogP contribution in [0.3, 0.4) is 0 Å². The Balaban J connectivity index is 1.80. The van der Waals surface area contributed by atoms with Crippen molar-refractivity contribution < 1.29 is 9.53 Å². The lowest BCUT2D eigenvalue weighted by molar-refractivity contribution is -0.129. The first-order valence-electron chi connectivity index (χ1n) is 6.62. The van der Waals surface area contributed by atoms with Gasteiger partial charge in [0, 0.05) is 12.2 Å². The molecule has 5 heteroatoms. The molecule has 104 valence electrons. The number of primary amides is 1. The van der Waals surface area contributed by atoms with Gasteiger partial charge in [0.15, 0.2) is 0 Å². The summed E-state index contributed by atoms with van der Waals surface area (Å²) in [5.41, 5.74) is 13.1. The normalized spacial score (nSPS) is 20.3. The molecule has 0 aromatic heterocycles. The number of anilines is 1. The number of nitrogen functional groups attached to an aromatic ring is 1. The number of morpholine rings is 1. The summed E-state index contributed by atoms with van der Waals surface area (Å²) >= 11 is 0. The fraction of sp³-hybridized carbons (Fsp3) is 0.500. The molecular weight excluding hydrogens is 242 g/mol.